The standard InChI is InChI=1S/C26H20ClN3O3/c1-16-19(6-5-7-20(16)27)22-12-10-18(33-22)15-28-26-25(29-24-8-3-4-13-30(24)26)17-9-11-21(31)23(14-17)32-2/h3-15,31H,1-2H3. The maximum absolute atomic E-state index is 9.98. The molecule has 33 heavy (non-hydrogen) atoms. The quantitative estimate of drug-likeness (QED) is 0.298. The molecule has 5 aromatic rings. The highest BCUT2D eigenvalue weighted by Gasteiger charge is 2.15. The van der Waals surface area contributed by atoms with E-state index >= 15 is 0 Å². The molecular formula is C26H20ClN3O3. The summed E-state index contributed by atoms with van der Waals surface area (Å²) >= 11 is 6.26. The van der Waals surface area contributed by atoms with Crippen LogP contribution in [0.2, 0.25) is 5.02 Å². The third-order valence-corrected chi connectivity index (χ3v) is 5.84. The number of halogens is 1. The van der Waals surface area contributed by atoms with E-state index in [1.54, 1.807) is 24.4 Å². The molecule has 0 radical (unpaired) electrons. The van der Waals surface area contributed by atoms with Crippen molar-refractivity contribution in [2.45, 2.75) is 6.92 Å². The van der Waals surface area contributed by atoms with Crippen LogP contribution >= 0.6 is 11.6 Å². The van der Waals surface area contributed by atoms with E-state index in [-0.39, 0.29) is 5.75 Å². The van der Waals surface area contributed by atoms with Crippen molar-refractivity contribution >= 4 is 29.3 Å². The maximum atomic E-state index is 9.98. The van der Waals surface area contributed by atoms with E-state index in [1.165, 1.54) is 7.11 Å². The number of aliphatic imine (C=N–C) groups is 1. The van der Waals surface area contributed by atoms with Crippen LogP contribution in [-0.2, 0) is 0 Å². The summed E-state index contributed by atoms with van der Waals surface area (Å²) in [6.07, 6.45) is 3.57. The number of methoxy groups -OCH3 is 1. The fourth-order valence-electron chi connectivity index (χ4n) is 3.69. The molecule has 0 aliphatic rings. The average molecular weight is 458 g/mol. The maximum Gasteiger partial charge on any atom is 0.165 e. The van der Waals surface area contributed by atoms with Gasteiger partial charge in [0.1, 0.15) is 22.9 Å². The summed E-state index contributed by atoms with van der Waals surface area (Å²) in [5.74, 6) is 2.39. The van der Waals surface area contributed by atoms with Crippen molar-refractivity contribution in [2.24, 2.45) is 4.99 Å². The van der Waals surface area contributed by atoms with Crippen LogP contribution in [0.15, 0.2) is 82.3 Å². The van der Waals surface area contributed by atoms with Gasteiger partial charge in [0.15, 0.2) is 17.3 Å². The predicted molar refractivity (Wildman–Crippen MR) is 130 cm³/mol. The van der Waals surface area contributed by atoms with E-state index in [0.717, 1.165) is 28.1 Å². The van der Waals surface area contributed by atoms with Gasteiger partial charge in [-0.1, -0.05) is 29.8 Å². The summed E-state index contributed by atoms with van der Waals surface area (Å²) in [7, 11) is 1.51. The second-order valence-electron chi connectivity index (χ2n) is 7.47. The number of aromatic nitrogens is 2. The lowest BCUT2D eigenvalue weighted by Crippen LogP contribution is -1.86. The third-order valence-electron chi connectivity index (χ3n) is 5.43. The topological polar surface area (TPSA) is 72.3 Å². The van der Waals surface area contributed by atoms with Gasteiger partial charge in [-0.05, 0) is 61.0 Å². The Hall–Kier alpha value is -4.03. The first-order valence-electron chi connectivity index (χ1n) is 10.3. The van der Waals surface area contributed by atoms with Crippen molar-refractivity contribution in [1.82, 2.24) is 9.38 Å². The Balaban J connectivity index is 1.56. The summed E-state index contributed by atoms with van der Waals surface area (Å²) in [6.45, 7) is 1.96. The molecule has 1 N–H and O–H groups in total. The highest BCUT2D eigenvalue weighted by molar-refractivity contribution is 6.31. The van der Waals surface area contributed by atoms with Crippen molar-refractivity contribution in [1.29, 1.82) is 0 Å². The summed E-state index contributed by atoms with van der Waals surface area (Å²) in [6, 6.07) is 20.4. The number of pyridine rings is 1. The number of nitrogens with zero attached hydrogens (tertiary/aromatic N) is 3. The van der Waals surface area contributed by atoms with Gasteiger partial charge in [-0.2, -0.15) is 0 Å². The van der Waals surface area contributed by atoms with Gasteiger partial charge in [0.05, 0.1) is 13.3 Å². The monoisotopic (exact) mass is 457 g/mol. The van der Waals surface area contributed by atoms with Crippen molar-refractivity contribution in [3.05, 3.63) is 89.3 Å². The van der Waals surface area contributed by atoms with Crippen LogP contribution in [0, 0.1) is 6.92 Å². The molecule has 0 aliphatic heterocycles. The van der Waals surface area contributed by atoms with E-state index in [4.69, 9.17) is 30.7 Å². The zero-order valence-electron chi connectivity index (χ0n) is 18.0. The minimum Gasteiger partial charge on any atom is -0.504 e. The Morgan fingerprint density at radius 3 is 2.82 bits per heavy atom. The number of fused-ring (bicyclic) bond motifs is 1. The summed E-state index contributed by atoms with van der Waals surface area (Å²) in [5.41, 5.74) is 4.08. The molecule has 0 fully saturated rings. The van der Waals surface area contributed by atoms with Gasteiger partial charge in [-0.25, -0.2) is 9.98 Å². The van der Waals surface area contributed by atoms with E-state index in [0.29, 0.717) is 28.0 Å². The molecule has 0 amide bonds. The van der Waals surface area contributed by atoms with Crippen LogP contribution in [0.3, 0.4) is 0 Å². The smallest absolute Gasteiger partial charge is 0.165 e. The van der Waals surface area contributed by atoms with Crippen LogP contribution in [0.1, 0.15) is 11.3 Å². The van der Waals surface area contributed by atoms with Gasteiger partial charge >= 0.3 is 0 Å². The molecule has 0 atom stereocenters. The second kappa shape index (κ2) is 8.48. The zero-order valence-corrected chi connectivity index (χ0v) is 18.7. The van der Waals surface area contributed by atoms with Gasteiger partial charge in [0, 0.05) is 22.3 Å². The lowest BCUT2D eigenvalue weighted by atomic mass is 10.1. The molecular weight excluding hydrogens is 438 g/mol. The normalized spacial score (nSPS) is 11.5. The van der Waals surface area contributed by atoms with Crippen LogP contribution in [0.25, 0.3) is 28.2 Å². The summed E-state index contributed by atoms with van der Waals surface area (Å²) in [5, 5.41) is 10.7. The Kier molecular flexibility index (Phi) is 5.36. The number of aromatic hydroxyl groups is 1. The molecule has 164 valence electrons. The molecule has 0 spiro atoms. The molecule has 7 heteroatoms. The van der Waals surface area contributed by atoms with E-state index in [2.05, 4.69) is 0 Å². The lowest BCUT2D eigenvalue weighted by molar-refractivity contribution is 0.373. The molecule has 2 aromatic carbocycles. The number of imidazole rings is 1. The number of hydrogen-bond donors (Lipinski definition) is 1. The lowest BCUT2D eigenvalue weighted by Gasteiger charge is -2.06. The first kappa shape index (κ1) is 20.8. The van der Waals surface area contributed by atoms with E-state index < -0.39 is 0 Å². The SMILES string of the molecule is COc1cc(-c2nc3ccccn3c2N=Cc2ccc(-c3cccc(Cl)c3C)o2)ccc1O. The van der Waals surface area contributed by atoms with E-state index in [1.807, 2.05) is 66.1 Å². The number of phenolic OH excluding ortho intramolecular Hbond substituents is 1. The van der Waals surface area contributed by atoms with Gasteiger partial charge < -0.3 is 14.3 Å². The van der Waals surface area contributed by atoms with Crippen LogP contribution in [0.5, 0.6) is 11.5 Å². The molecule has 0 unspecified atom stereocenters. The third kappa shape index (κ3) is 3.85. The molecule has 5 rings (SSSR count). The number of furan rings is 1. The highest BCUT2D eigenvalue weighted by Crippen LogP contribution is 2.36. The van der Waals surface area contributed by atoms with Crippen LogP contribution < -0.4 is 4.74 Å². The molecule has 3 aromatic heterocycles. The van der Waals surface area contributed by atoms with Gasteiger partial charge in [-0.15, -0.1) is 0 Å². The number of rotatable bonds is 5. The van der Waals surface area contributed by atoms with Gasteiger partial charge in [0.2, 0.25) is 0 Å². The number of ether oxygens (including phenoxy) is 1. The fraction of sp³-hybridized carbons (Fsp3) is 0.0769. The van der Waals surface area contributed by atoms with E-state index in [9.17, 15) is 5.11 Å². The largest absolute Gasteiger partial charge is 0.504 e. The van der Waals surface area contributed by atoms with Crippen molar-refractivity contribution < 1.29 is 14.3 Å². The summed E-state index contributed by atoms with van der Waals surface area (Å²) in [4.78, 5) is 9.46. The van der Waals surface area contributed by atoms with Crippen LogP contribution in [-0.4, -0.2) is 27.8 Å². The highest BCUT2D eigenvalue weighted by atomic mass is 35.5. The molecule has 0 saturated heterocycles. The first-order chi connectivity index (χ1) is 16.0. The summed E-state index contributed by atoms with van der Waals surface area (Å²) < 4.78 is 13.2. The minimum atomic E-state index is 0.0643. The first-order valence-corrected chi connectivity index (χ1v) is 10.7. The van der Waals surface area contributed by atoms with Crippen LogP contribution in [0.4, 0.5) is 5.82 Å². The van der Waals surface area contributed by atoms with Crippen molar-refractivity contribution in [2.75, 3.05) is 7.11 Å². The minimum absolute atomic E-state index is 0.0643. The Bertz CT molecular complexity index is 1500. The molecule has 0 aliphatic carbocycles. The Labute approximate surface area is 195 Å². The van der Waals surface area contributed by atoms with Crippen molar-refractivity contribution in [3.8, 4) is 34.1 Å². The number of phenols is 1. The average Bonchev–Trinajstić information content (AvgIpc) is 3.44. The predicted octanol–water partition coefficient (Wildman–Crippen LogP) is 6.69. The fourth-order valence-corrected chi connectivity index (χ4v) is 3.87. The Morgan fingerprint density at radius 2 is 1.97 bits per heavy atom. The molecule has 0 bridgehead atoms. The van der Waals surface area contributed by atoms with Gasteiger partial charge in [-0.3, -0.25) is 4.40 Å². The second-order valence-corrected chi connectivity index (χ2v) is 7.88. The number of benzene rings is 2. The zero-order chi connectivity index (χ0) is 22.9. The number of hydrogen-bond acceptors (Lipinski definition) is 5. The molecule has 3 heterocycles. The molecule has 0 saturated carbocycles. The van der Waals surface area contributed by atoms with Crippen molar-refractivity contribution in [3.63, 3.8) is 0 Å². The molecule has 6 nitrogen and oxygen atoms in total. The van der Waals surface area contributed by atoms with Gasteiger partial charge in [0.25, 0.3) is 0 Å². The Morgan fingerprint density at radius 1 is 1.09 bits per heavy atom.